The smallest absolute Gasteiger partial charge is 0.275 e. The standard InChI is InChI=1S/C14H10Cl2N4O2/c15-9-5-8(20-7-12(21)18-14(22)19-20)6-10(16)13(9)11-3-1-2-4-17-11/h1-6H,7H2,(H2,18,19,21,22). The van der Waals surface area contributed by atoms with E-state index in [2.05, 4.69) is 15.7 Å². The van der Waals surface area contributed by atoms with Crippen LogP contribution in [0.1, 0.15) is 0 Å². The molecule has 0 spiro atoms. The van der Waals surface area contributed by atoms with Gasteiger partial charge in [-0.1, -0.05) is 29.3 Å². The largest absolute Gasteiger partial charge is 0.340 e. The summed E-state index contributed by atoms with van der Waals surface area (Å²) in [6.07, 6.45) is 1.64. The van der Waals surface area contributed by atoms with Crippen molar-refractivity contribution in [1.82, 2.24) is 15.7 Å². The molecule has 0 bridgehead atoms. The molecule has 2 heterocycles. The van der Waals surface area contributed by atoms with Crippen molar-refractivity contribution in [2.45, 2.75) is 0 Å². The number of carbonyl (C=O) groups excluding carboxylic acids is 2. The number of carbonyl (C=O) groups is 2. The number of aromatic nitrogens is 1. The molecule has 0 radical (unpaired) electrons. The minimum Gasteiger partial charge on any atom is -0.275 e. The van der Waals surface area contributed by atoms with Crippen LogP contribution >= 0.6 is 23.2 Å². The van der Waals surface area contributed by atoms with Gasteiger partial charge in [-0.05, 0) is 24.3 Å². The van der Waals surface area contributed by atoms with Crippen molar-refractivity contribution >= 4 is 40.8 Å². The molecule has 6 nitrogen and oxygen atoms in total. The average Bonchev–Trinajstić information content (AvgIpc) is 2.46. The third-order valence-electron chi connectivity index (χ3n) is 3.05. The maximum Gasteiger partial charge on any atom is 0.340 e. The van der Waals surface area contributed by atoms with Gasteiger partial charge >= 0.3 is 6.03 Å². The summed E-state index contributed by atoms with van der Waals surface area (Å²) in [7, 11) is 0. The zero-order valence-electron chi connectivity index (χ0n) is 11.1. The van der Waals surface area contributed by atoms with E-state index in [1.54, 1.807) is 30.5 Å². The first kappa shape index (κ1) is 14.6. The van der Waals surface area contributed by atoms with Crippen molar-refractivity contribution < 1.29 is 9.59 Å². The van der Waals surface area contributed by atoms with Gasteiger partial charge < -0.3 is 0 Å². The SMILES string of the molecule is O=C1CN(c2cc(Cl)c(-c3ccccn3)c(Cl)c2)NC(=O)N1. The van der Waals surface area contributed by atoms with E-state index in [0.717, 1.165) is 0 Å². The fourth-order valence-corrected chi connectivity index (χ4v) is 2.80. The van der Waals surface area contributed by atoms with Gasteiger partial charge in [0.15, 0.2) is 0 Å². The number of urea groups is 1. The van der Waals surface area contributed by atoms with Gasteiger partial charge in [-0.25, -0.2) is 10.2 Å². The first-order valence-corrected chi connectivity index (χ1v) is 7.08. The van der Waals surface area contributed by atoms with Gasteiger partial charge in [0.2, 0.25) is 5.91 Å². The number of hydrogen-bond acceptors (Lipinski definition) is 4. The van der Waals surface area contributed by atoms with Gasteiger partial charge in [0, 0.05) is 11.8 Å². The Labute approximate surface area is 136 Å². The van der Waals surface area contributed by atoms with Crippen molar-refractivity contribution in [1.29, 1.82) is 0 Å². The summed E-state index contributed by atoms with van der Waals surface area (Å²) in [5, 5.41) is 4.27. The quantitative estimate of drug-likeness (QED) is 0.883. The second-order valence-electron chi connectivity index (χ2n) is 4.57. The molecular weight excluding hydrogens is 327 g/mol. The lowest BCUT2D eigenvalue weighted by molar-refractivity contribution is -0.119. The summed E-state index contributed by atoms with van der Waals surface area (Å²) in [4.78, 5) is 27.0. The van der Waals surface area contributed by atoms with Crippen molar-refractivity contribution in [2.24, 2.45) is 0 Å². The van der Waals surface area contributed by atoms with Gasteiger partial charge in [0.1, 0.15) is 6.54 Å². The molecule has 3 amide bonds. The molecule has 3 rings (SSSR count). The van der Waals surface area contributed by atoms with Crippen molar-refractivity contribution in [3.05, 3.63) is 46.6 Å². The highest BCUT2D eigenvalue weighted by atomic mass is 35.5. The maximum absolute atomic E-state index is 11.4. The number of rotatable bonds is 2. The van der Waals surface area contributed by atoms with Crippen LogP contribution in [-0.4, -0.2) is 23.5 Å². The molecule has 2 N–H and O–H groups in total. The maximum atomic E-state index is 11.4. The summed E-state index contributed by atoms with van der Waals surface area (Å²) in [6.45, 7) is -0.0265. The van der Waals surface area contributed by atoms with Crippen molar-refractivity contribution in [2.75, 3.05) is 11.6 Å². The minimum absolute atomic E-state index is 0.0265. The number of benzene rings is 1. The van der Waals surface area contributed by atoms with E-state index in [0.29, 0.717) is 27.0 Å². The number of pyridine rings is 1. The zero-order chi connectivity index (χ0) is 15.7. The Balaban J connectivity index is 1.99. The summed E-state index contributed by atoms with van der Waals surface area (Å²) in [5.41, 5.74) is 4.26. The molecule has 1 aliphatic rings. The fraction of sp³-hybridized carbons (Fsp3) is 0.0714. The van der Waals surface area contributed by atoms with Crippen LogP contribution in [0.3, 0.4) is 0 Å². The molecule has 0 unspecified atom stereocenters. The van der Waals surface area contributed by atoms with E-state index < -0.39 is 11.9 Å². The Morgan fingerprint density at radius 2 is 1.86 bits per heavy atom. The van der Waals surface area contributed by atoms with Gasteiger partial charge in [-0.15, -0.1) is 0 Å². The number of anilines is 1. The van der Waals surface area contributed by atoms with Gasteiger partial charge in [-0.3, -0.25) is 20.1 Å². The van der Waals surface area contributed by atoms with Crippen molar-refractivity contribution in [3.8, 4) is 11.3 Å². The highest BCUT2D eigenvalue weighted by molar-refractivity contribution is 6.39. The van der Waals surface area contributed by atoms with Gasteiger partial charge in [0.05, 0.1) is 21.4 Å². The van der Waals surface area contributed by atoms with E-state index >= 15 is 0 Å². The third kappa shape index (κ3) is 2.84. The van der Waals surface area contributed by atoms with Crippen LogP contribution in [0, 0.1) is 0 Å². The molecule has 1 fully saturated rings. The molecule has 8 heteroatoms. The van der Waals surface area contributed by atoms with Crippen LogP contribution in [0.2, 0.25) is 10.0 Å². The number of nitrogens with one attached hydrogen (secondary N) is 2. The second-order valence-corrected chi connectivity index (χ2v) is 5.39. The number of halogens is 2. The molecule has 0 saturated carbocycles. The monoisotopic (exact) mass is 336 g/mol. The summed E-state index contributed by atoms with van der Waals surface area (Å²) in [6, 6.07) is 8.06. The first-order valence-electron chi connectivity index (χ1n) is 6.33. The van der Waals surface area contributed by atoms with Crippen LogP contribution < -0.4 is 15.8 Å². The minimum atomic E-state index is -0.600. The Bertz CT molecular complexity index is 713. The normalized spacial score (nSPS) is 14.5. The number of imide groups is 1. The predicted molar refractivity (Wildman–Crippen MR) is 83.7 cm³/mol. The van der Waals surface area contributed by atoms with Crippen LogP contribution in [0.15, 0.2) is 36.5 Å². The Morgan fingerprint density at radius 3 is 2.45 bits per heavy atom. The number of nitrogens with zero attached hydrogens (tertiary/aromatic N) is 2. The van der Waals surface area contributed by atoms with E-state index in [1.807, 2.05) is 6.07 Å². The molecule has 0 aliphatic carbocycles. The van der Waals surface area contributed by atoms with Crippen LogP contribution in [0.25, 0.3) is 11.3 Å². The third-order valence-corrected chi connectivity index (χ3v) is 3.65. The zero-order valence-corrected chi connectivity index (χ0v) is 12.6. The summed E-state index contributed by atoms with van der Waals surface area (Å²) >= 11 is 12.6. The second kappa shape index (κ2) is 5.82. The van der Waals surface area contributed by atoms with E-state index in [4.69, 9.17) is 23.2 Å². The van der Waals surface area contributed by atoms with Gasteiger partial charge in [-0.2, -0.15) is 0 Å². The Morgan fingerprint density at radius 1 is 1.14 bits per heavy atom. The predicted octanol–water partition coefficient (Wildman–Crippen LogP) is 2.62. The molecule has 2 aromatic rings. The lowest BCUT2D eigenvalue weighted by atomic mass is 10.1. The lowest BCUT2D eigenvalue weighted by Crippen LogP contribution is -2.59. The molecule has 1 aromatic carbocycles. The first-order chi connectivity index (χ1) is 10.5. The number of amides is 3. The average molecular weight is 337 g/mol. The lowest BCUT2D eigenvalue weighted by Gasteiger charge is -2.29. The van der Waals surface area contributed by atoms with Crippen molar-refractivity contribution in [3.63, 3.8) is 0 Å². The Kier molecular flexibility index (Phi) is 3.87. The topological polar surface area (TPSA) is 74.3 Å². The molecule has 1 aromatic heterocycles. The molecule has 1 saturated heterocycles. The molecule has 22 heavy (non-hydrogen) atoms. The fourth-order valence-electron chi connectivity index (χ4n) is 2.13. The van der Waals surface area contributed by atoms with Crippen LogP contribution in [-0.2, 0) is 4.79 Å². The highest BCUT2D eigenvalue weighted by Gasteiger charge is 2.23. The van der Waals surface area contributed by atoms with Crippen LogP contribution in [0.4, 0.5) is 10.5 Å². The highest BCUT2D eigenvalue weighted by Crippen LogP contribution is 2.37. The molecule has 1 aliphatic heterocycles. The van der Waals surface area contributed by atoms with E-state index in [9.17, 15) is 9.59 Å². The summed E-state index contributed by atoms with van der Waals surface area (Å²) in [5.74, 6) is -0.412. The Hall–Kier alpha value is -2.31. The molecular formula is C14H10Cl2N4O2. The molecule has 112 valence electrons. The van der Waals surface area contributed by atoms with E-state index in [-0.39, 0.29) is 6.54 Å². The van der Waals surface area contributed by atoms with Gasteiger partial charge in [0.25, 0.3) is 0 Å². The molecule has 0 atom stereocenters. The number of hydrogen-bond donors (Lipinski definition) is 2. The van der Waals surface area contributed by atoms with Crippen LogP contribution in [0.5, 0.6) is 0 Å². The summed E-state index contributed by atoms with van der Waals surface area (Å²) < 4.78 is 0. The van der Waals surface area contributed by atoms with E-state index in [1.165, 1.54) is 5.01 Å². The number of hydrazine groups is 1.